The van der Waals surface area contributed by atoms with Gasteiger partial charge in [0.1, 0.15) is 11.4 Å². The number of benzene rings is 2. The summed E-state index contributed by atoms with van der Waals surface area (Å²) in [6, 6.07) is 11.8. The van der Waals surface area contributed by atoms with Crippen molar-refractivity contribution in [3.05, 3.63) is 65.5 Å². The minimum Gasteiger partial charge on any atom is -0.372 e. The molecule has 1 aliphatic heterocycles. The average molecular weight is 381 g/mol. The van der Waals surface area contributed by atoms with Gasteiger partial charge < -0.3 is 4.90 Å². The molecule has 7 heteroatoms. The van der Waals surface area contributed by atoms with Crippen LogP contribution in [0.2, 0.25) is 0 Å². The van der Waals surface area contributed by atoms with E-state index in [0.29, 0.717) is 10.5 Å². The summed E-state index contributed by atoms with van der Waals surface area (Å²) in [5.74, 6) is -2.41. The first-order chi connectivity index (χ1) is 13.5. The fourth-order valence-electron chi connectivity index (χ4n) is 3.05. The quantitative estimate of drug-likeness (QED) is 0.637. The summed E-state index contributed by atoms with van der Waals surface area (Å²) in [4.78, 5) is 39.9. The second-order valence-corrected chi connectivity index (χ2v) is 6.17. The number of hydrogen-bond acceptors (Lipinski definition) is 4. The SMILES string of the molecule is CCN(CC)c1ccc(C=C2C(=O)NC(=O)N(c3ccccc3F)C2=O)cc1. The topological polar surface area (TPSA) is 69.7 Å². The van der Waals surface area contributed by atoms with Crippen LogP contribution in [0.3, 0.4) is 0 Å². The van der Waals surface area contributed by atoms with Crippen LogP contribution in [-0.2, 0) is 9.59 Å². The van der Waals surface area contributed by atoms with E-state index in [4.69, 9.17) is 0 Å². The average Bonchev–Trinajstić information content (AvgIpc) is 2.68. The van der Waals surface area contributed by atoms with Gasteiger partial charge in [-0.05, 0) is 49.8 Å². The van der Waals surface area contributed by atoms with Crippen molar-refractivity contribution in [2.75, 3.05) is 22.9 Å². The number of carbonyl (C=O) groups excluding carboxylic acids is 3. The van der Waals surface area contributed by atoms with Gasteiger partial charge >= 0.3 is 6.03 Å². The molecule has 1 heterocycles. The maximum absolute atomic E-state index is 14.1. The molecule has 1 fully saturated rings. The highest BCUT2D eigenvalue weighted by Gasteiger charge is 2.37. The van der Waals surface area contributed by atoms with E-state index < -0.39 is 23.7 Å². The molecule has 2 aromatic carbocycles. The predicted octanol–water partition coefficient (Wildman–Crippen LogP) is 3.34. The molecule has 0 unspecified atom stereocenters. The Hall–Kier alpha value is -3.48. The highest BCUT2D eigenvalue weighted by atomic mass is 19.1. The van der Waals surface area contributed by atoms with Gasteiger partial charge in [-0.15, -0.1) is 0 Å². The molecule has 0 bridgehead atoms. The number of rotatable bonds is 5. The van der Waals surface area contributed by atoms with E-state index in [2.05, 4.69) is 24.1 Å². The lowest BCUT2D eigenvalue weighted by Crippen LogP contribution is -2.54. The zero-order chi connectivity index (χ0) is 20.3. The number of carbonyl (C=O) groups is 3. The van der Waals surface area contributed by atoms with Crippen molar-refractivity contribution >= 4 is 35.3 Å². The van der Waals surface area contributed by atoms with E-state index in [1.807, 2.05) is 12.1 Å². The van der Waals surface area contributed by atoms with Gasteiger partial charge in [0.2, 0.25) is 0 Å². The van der Waals surface area contributed by atoms with Gasteiger partial charge in [0.15, 0.2) is 0 Å². The molecule has 2 aromatic rings. The third-order valence-corrected chi connectivity index (χ3v) is 4.53. The van der Waals surface area contributed by atoms with Crippen molar-refractivity contribution in [3.63, 3.8) is 0 Å². The van der Waals surface area contributed by atoms with Gasteiger partial charge in [-0.25, -0.2) is 14.1 Å². The van der Waals surface area contributed by atoms with Crippen LogP contribution in [0.1, 0.15) is 19.4 Å². The maximum atomic E-state index is 14.1. The molecule has 4 amide bonds. The lowest BCUT2D eigenvalue weighted by molar-refractivity contribution is -0.122. The third kappa shape index (κ3) is 3.64. The van der Waals surface area contributed by atoms with Crippen LogP contribution in [0.5, 0.6) is 0 Å². The number of nitrogens with zero attached hydrogens (tertiary/aromatic N) is 2. The number of hydrogen-bond donors (Lipinski definition) is 1. The summed E-state index contributed by atoms with van der Waals surface area (Å²) in [6.07, 6.45) is 1.39. The van der Waals surface area contributed by atoms with Gasteiger partial charge in [-0.1, -0.05) is 24.3 Å². The fraction of sp³-hybridized carbons (Fsp3) is 0.190. The summed E-state index contributed by atoms with van der Waals surface area (Å²) in [5, 5.41) is 2.09. The number of barbiturate groups is 1. The molecule has 0 spiro atoms. The van der Waals surface area contributed by atoms with Gasteiger partial charge in [-0.2, -0.15) is 0 Å². The van der Waals surface area contributed by atoms with Crippen molar-refractivity contribution < 1.29 is 18.8 Å². The molecule has 1 N–H and O–H groups in total. The molecule has 28 heavy (non-hydrogen) atoms. The molecule has 1 saturated heterocycles. The molecule has 0 atom stereocenters. The Bertz CT molecular complexity index is 950. The molecular formula is C21H20FN3O3. The first kappa shape index (κ1) is 19.3. The molecule has 0 aromatic heterocycles. The number of nitrogens with one attached hydrogen (secondary N) is 1. The fourth-order valence-corrected chi connectivity index (χ4v) is 3.05. The predicted molar refractivity (Wildman–Crippen MR) is 105 cm³/mol. The Morgan fingerprint density at radius 3 is 2.25 bits per heavy atom. The number of urea groups is 1. The van der Waals surface area contributed by atoms with Gasteiger partial charge in [0, 0.05) is 18.8 Å². The van der Waals surface area contributed by atoms with Gasteiger partial charge in [0.25, 0.3) is 11.8 Å². The molecule has 0 aliphatic carbocycles. The van der Waals surface area contributed by atoms with Crippen molar-refractivity contribution in [1.82, 2.24) is 5.32 Å². The van der Waals surface area contributed by atoms with Gasteiger partial charge in [-0.3, -0.25) is 14.9 Å². The van der Waals surface area contributed by atoms with Crippen LogP contribution >= 0.6 is 0 Å². The van der Waals surface area contributed by atoms with Crippen molar-refractivity contribution in [1.29, 1.82) is 0 Å². The summed E-state index contributed by atoms with van der Waals surface area (Å²) in [7, 11) is 0. The number of amides is 4. The minimum atomic E-state index is -0.978. The Balaban J connectivity index is 1.94. The van der Waals surface area contributed by atoms with E-state index in [1.165, 1.54) is 24.3 Å². The summed E-state index contributed by atoms with van der Waals surface area (Å²) in [6.45, 7) is 5.83. The maximum Gasteiger partial charge on any atom is 0.336 e. The highest BCUT2D eigenvalue weighted by Crippen LogP contribution is 2.25. The van der Waals surface area contributed by atoms with Crippen molar-refractivity contribution in [2.24, 2.45) is 0 Å². The van der Waals surface area contributed by atoms with Crippen molar-refractivity contribution in [2.45, 2.75) is 13.8 Å². The Morgan fingerprint density at radius 1 is 1.00 bits per heavy atom. The largest absolute Gasteiger partial charge is 0.372 e. The number of halogens is 1. The van der Waals surface area contributed by atoms with Gasteiger partial charge in [0.05, 0.1) is 5.69 Å². The van der Waals surface area contributed by atoms with E-state index in [-0.39, 0.29) is 11.3 Å². The number of para-hydroxylation sites is 1. The second-order valence-electron chi connectivity index (χ2n) is 6.17. The van der Waals surface area contributed by atoms with E-state index in [1.54, 1.807) is 12.1 Å². The standard InChI is InChI=1S/C21H20FN3O3/c1-3-24(4-2)15-11-9-14(10-12-15)13-16-19(26)23-21(28)25(20(16)27)18-8-6-5-7-17(18)22/h5-13H,3-4H2,1-2H3,(H,23,26,28). The molecule has 0 saturated carbocycles. The first-order valence-electron chi connectivity index (χ1n) is 8.97. The number of imide groups is 2. The smallest absolute Gasteiger partial charge is 0.336 e. The van der Waals surface area contributed by atoms with Crippen LogP contribution in [0.25, 0.3) is 6.08 Å². The second kappa shape index (κ2) is 8.04. The van der Waals surface area contributed by atoms with E-state index >= 15 is 0 Å². The van der Waals surface area contributed by atoms with Crippen LogP contribution in [0, 0.1) is 5.82 Å². The minimum absolute atomic E-state index is 0.208. The highest BCUT2D eigenvalue weighted by molar-refractivity contribution is 6.39. The third-order valence-electron chi connectivity index (χ3n) is 4.53. The monoisotopic (exact) mass is 381 g/mol. The first-order valence-corrected chi connectivity index (χ1v) is 8.97. The molecule has 3 rings (SSSR count). The lowest BCUT2D eigenvalue weighted by atomic mass is 10.1. The molecule has 144 valence electrons. The van der Waals surface area contributed by atoms with Crippen LogP contribution in [0.4, 0.5) is 20.6 Å². The molecule has 6 nitrogen and oxygen atoms in total. The molecular weight excluding hydrogens is 361 g/mol. The van der Waals surface area contributed by atoms with Crippen LogP contribution in [0.15, 0.2) is 54.1 Å². The summed E-state index contributed by atoms with van der Waals surface area (Å²) < 4.78 is 14.1. The van der Waals surface area contributed by atoms with Crippen LogP contribution in [-0.4, -0.2) is 30.9 Å². The normalized spacial score (nSPS) is 15.8. The van der Waals surface area contributed by atoms with E-state index in [0.717, 1.165) is 24.8 Å². The summed E-state index contributed by atoms with van der Waals surface area (Å²) >= 11 is 0. The lowest BCUT2D eigenvalue weighted by Gasteiger charge is -2.26. The zero-order valence-electron chi connectivity index (χ0n) is 15.6. The zero-order valence-corrected chi connectivity index (χ0v) is 15.6. The van der Waals surface area contributed by atoms with E-state index in [9.17, 15) is 18.8 Å². The number of anilines is 2. The molecule has 1 aliphatic rings. The Kier molecular flexibility index (Phi) is 5.54. The van der Waals surface area contributed by atoms with Crippen molar-refractivity contribution in [3.8, 4) is 0 Å². The molecule has 0 radical (unpaired) electrons. The van der Waals surface area contributed by atoms with Crippen LogP contribution < -0.4 is 15.1 Å². The summed E-state index contributed by atoms with van der Waals surface area (Å²) in [5.41, 5.74) is 1.20. The Labute approximate surface area is 162 Å². The Morgan fingerprint density at radius 2 is 1.64 bits per heavy atom.